The highest BCUT2D eigenvalue weighted by atomic mass is 32.1. The van der Waals surface area contributed by atoms with E-state index in [1.807, 2.05) is 6.92 Å². The molecule has 3 rings (SSSR count). The molecule has 2 aromatic heterocycles. The summed E-state index contributed by atoms with van der Waals surface area (Å²) in [5.74, 6) is 1.38. The molecule has 1 aliphatic heterocycles. The Hall–Kier alpha value is -1.73. The van der Waals surface area contributed by atoms with Crippen molar-refractivity contribution in [3.8, 4) is 0 Å². The van der Waals surface area contributed by atoms with Crippen LogP contribution in [0.1, 0.15) is 53.5 Å². The number of carbonyl (C=O) groups is 1. The average molecular weight is 348 g/mol. The third-order valence-electron chi connectivity index (χ3n) is 4.73. The summed E-state index contributed by atoms with van der Waals surface area (Å²) in [5.41, 5.74) is 2.42. The maximum atomic E-state index is 12.5. The third kappa shape index (κ3) is 3.37. The Morgan fingerprint density at radius 2 is 2.17 bits per heavy atom. The molecule has 3 heterocycles. The minimum absolute atomic E-state index is 0.0189. The van der Waals surface area contributed by atoms with Crippen molar-refractivity contribution in [1.29, 1.82) is 0 Å². The SMILES string of the molecule is CCc1nc([C@H]2CCCN2CC(=O)Nc2sc(C)c(C)c2C)no1. The molecule has 24 heavy (non-hydrogen) atoms. The first-order valence-electron chi connectivity index (χ1n) is 8.42. The zero-order chi connectivity index (χ0) is 17.3. The highest BCUT2D eigenvalue weighted by Gasteiger charge is 2.31. The van der Waals surface area contributed by atoms with Crippen LogP contribution in [0.5, 0.6) is 0 Å². The maximum absolute atomic E-state index is 12.5. The van der Waals surface area contributed by atoms with E-state index in [4.69, 9.17) is 4.52 Å². The molecule has 2 aromatic rings. The van der Waals surface area contributed by atoms with E-state index >= 15 is 0 Å². The first kappa shape index (κ1) is 17.1. The van der Waals surface area contributed by atoms with E-state index < -0.39 is 0 Å². The lowest BCUT2D eigenvalue weighted by molar-refractivity contribution is -0.117. The van der Waals surface area contributed by atoms with Crippen LogP contribution in [0.4, 0.5) is 5.00 Å². The number of hydrogen-bond acceptors (Lipinski definition) is 6. The minimum Gasteiger partial charge on any atom is -0.339 e. The lowest BCUT2D eigenvalue weighted by Crippen LogP contribution is -2.33. The van der Waals surface area contributed by atoms with E-state index in [0.717, 1.165) is 36.4 Å². The zero-order valence-corrected chi connectivity index (χ0v) is 15.5. The van der Waals surface area contributed by atoms with E-state index in [9.17, 15) is 4.79 Å². The average Bonchev–Trinajstić information content (AvgIpc) is 3.25. The highest BCUT2D eigenvalue weighted by Crippen LogP contribution is 2.32. The molecular weight excluding hydrogens is 324 g/mol. The second kappa shape index (κ2) is 7.03. The number of anilines is 1. The summed E-state index contributed by atoms with van der Waals surface area (Å²) in [6.45, 7) is 9.46. The van der Waals surface area contributed by atoms with Crippen LogP contribution in [0.15, 0.2) is 4.52 Å². The lowest BCUT2D eigenvalue weighted by atomic mass is 10.2. The van der Waals surface area contributed by atoms with Gasteiger partial charge in [0.05, 0.1) is 17.6 Å². The van der Waals surface area contributed by atoms with Gasteiger partial charge in [-0.3, -0.25) is 9.69 Å². The van der Waals surface area contributed by atoms with Gasteiger partial charge in [-0.25, -0.2) is 0 Å². The molecule has 0 unspecified atom stereocenters. The largest absolute Gasteiger partial charge is 0.339 e. The molecule has 1 amide bonds. The van der Waals surface area contributed by atoms with Gasteiger partial charge in [0.15, 0.2) is 5.82 Å². The number of aryl methyl sites for hydroxylation is 2. The smallest absolute Gasteiger partial charge is 0.239 e. The number of aromatic nitrogens is 2. The Bertz CT molecular complexity index is 737. The fourth-order valence-corrected chi connectivity index (χ4v) is 4.15. The predicted octanol–water partition coefficient (Wildman–Crippen LogP) is 3.39. The summed E-state index contributed by atoms with van der Waals surface area (Å²) in [7, 11) is 0. The quantitative estimate of drug-likeness (QED) is 0.897. The summed E-state index contributed by atoms with van der Waals surface area (Å²) in [6.07, 6.45) is 2.74. The first-order valence-corrected chi connectivity index (χ1v) is 9.24. The second-order valence-electron chi connectivity index (χ2n) is 6.31. The van der Waals surface area contributed by atoms with Gasteiger partial charge in [0, 0.05) is 11.3 Å². The molecule has 1 aliphatic rings. The van der Waals surface area contributed by atoms with Crippen molar-refractivity contribution in [2.75, 3.05) is 18.4 Å². The topological polar surface area (TPSA) is 71.3 Å². The van der Waals surface area contributed by atoms with E-state index in [1.54, 1.807) is 11.3 Å². The van der Waals surface area contributed by atoms with Gasteiger partial charge in [0.25, 0.3) is 0 Å². The van der Waals surface area contributed by atoms with Gasteiger partial charge in [0.1, 0.15) is 0 Å². The number of hydrogen-bond donors (Lipinski definition) is 1. The van der Waals surface area contributed by atoms with E-state index in [-0.39, 0.29) is 11.9 Å². The lowest BCUT2D eigenvalue weighted by Gasteiger charge is -2.21. The highest BCUT2D eigenvalue weighted by molar-refractivity contribution is 7.16. The molecule has 0 aliphatic carbocycles. The number of thiophene rings is 1. The van der Waals surface area contributed by atoms with Crippen LogP contribution in [0.25, 0.3) is 0 Å². The van der Waals surface area contributed by atoms with Crippen molar-refractivity contribution in [2.24, 2.45) is 0 Å². The standard InChI is InChI=1S/C17H24N4O2S/c1-5-15-19-16(20-23-15)13-7-6-8-21(13)9-14(22)18-17-11(3)10(2)12(4)24-17/h13H,5-9H2,1-4H3,(H,18,22)/t13-/m1/s1. The van der Waals surface area contributed by atoms with E-state index in [0.29, 0.717) is 18.3 Å². The van der Waals surface area contributed by atoms with Crippen LogP contribution < -0.4 is 5.32 Å². The molecule has 1 atom stereocenters. The molecule has 7 heteroatoms. The fraction of sp³-hybridized carbons (Fsp3) is 0.588. The van der Waals surface area contributed by atoms with Gasteiger partial charge in [0.2, 0.25) is 11.8 Å². The number of likely N-dealkylation sites (tertiary alicyclic amines) is 1. The molecule has 0 saturated carbocycles. The molecule has 0 aromatic carbocycles. The van der Waals surface area contributed by atoms with Crippen LogP contribution in [0.2, 0.25) is 0 Å². The summed E-state index contributed by atoms with van der Waals surface area (Å²) in [5, 5.41) is 8.10. The molecule has 0 radical (unpaired) electrons. The van der Waals surface area contributed by atoms with Gasteiger partial charge >= 0.3 is 0 Å². The molecule has 6 nitrogen and oxygen atoms in total. The Morgan fingerprint density at radius 3 is 2.79 bits per heavy atom. The van der Waals surface area contributed by atoms with Crippen LogP contribution in [0.3, 0.4) is 0 Å². The van der Waals surface area contributed by atoms with Crippen LogP contribution in [-0.4, -0.2) is 34.0 Å². The maximum Gasteiger partial charge on any atom is 0.239 e. The van der Waals surface area contributed by atoms with E-state index in [1.165, 1.54) is 10.4 Å². The van der Waals surface area contributed by atoms with Gasteiger partial charge in [-0.2, -0.15) is 4.98 Å². The van der Waals surface area contributed by atoms with E-state index in [2.05, 4.69) is 41.1 Å². The van der Waals surface area contributed by atoms with Crippen LogP contribution in [-0.2, 0) is 11.2 Å². The monoisotopic (exact) mass is 348 g/mol. The van der Waals surface area contributed by atoms with Crippen molar-refractivity contribution >= 4 is 22.2 Å². The van der Waals surface area contributed by atoms with Crippen LogP contribution in [0, 0.1) is 20.8 Å². The predicted molar refractivity (Wildman–Crippen MR) is 94.4 cm³/mol. The fourth-order valence-electron chi connectivity index (χ4n) is 3.07. The van der Waals surface area contributed by atoms with Gasteiger partial charge in [-0.15, -0.1) is 11.3 Å². The minimum atomic E-state index is 0.0189. The Kier molecular flexibility index (Phi) is 5.01. The Balaban J connectivity index is 1.65. The molecule has 1 fully saturated rings. The normalized spacial score (nSPS) is 18.2. The first-order chi connectivity index (χ1) is 11.5. The number of rotatable bonds is 5. The third-order valence-corrected chi connectivity index (χ3v) is 5.96. The summed E-state index contributed by atoms with van der Waals surface area (Å²) in [6, 6.07) is 0.0766. The van der Waals surface area contributed by atoms with Gasteiger partial charge < -0.3 is 9.84 Å². The summed E-state index contributed by atoms with van der Waals surface area (Å²) >= 11 is 1.64. The number of nitrogens with one attached hydrogen (secondary N) is 1. The molecular formula is C17H24N4O2S. The molecule has 0 bridgehead atoms. The van der Waals surface area contributed by atoms with Crippen molar-refractivity contribution in [3.05, 3.63) is 27.7 Å². The van der Waals surface area contributed by atoms with Crippen molar-refractivity contribution < 1.29 is 9.32 Å². The van der Waals surface area contributed by atoms with Gasteiger partial charge in [-0.1, -0.05) is 12.1 Å². The molecule has 0 spiro atoms. The van der Waals surface area contributed by atoms with Crippen molar-refractivity contribution in [2.45, 2.75) is 53.0 Å². The summed E-state index contributed by atoms with van der Waals surface area (Å²) in [4.78, 5) is 20.3. The zero-order valence-electron chi connectivity index (χ0n) is 14.7. The van der Waals surface area contributed by atoms with Gasteiger partial charge in [-0.05, 0) is 51.3 Å². The van der Waals surface area contributed by atoms with Crippen molar-refractivity contribution in [3.63, 3.8) is 0 Å². The number of amides is 1. The molecule has 1 N–H and O–H groups in total. The van der Waals surface area contributed by atoms with Crippen molar-refractivity contribution in [1.82, 2.24) is 15.0 Å². The Morgan fingerprint density at radius 1 is 1.38 bits per heavy atom. The summed E-state index contributed by atoms with van der Waals surface area (Å²) < 4.78 is 5.22. The molecule has 130 valence electrons. The number of nitrogens with zero attached hydrogens (tertiary/aromatic N) is 3. The molecule has 1 saturated heterocycles. The Labute approximate surface area is 146 Å². The second-order valence-corrected chi connectivity index (χ2v) is 7.54. The van der Waals surface area contributed by atoms with Crippen LogP contribution >= 0.6 is 11.3 Å². The number of carbonyl (C=O) groups excluding carboxylic acids is 1.